The van der Waals surface area contributed by atoms with Crippen molar-refractivity contribution < 1.29 is 9.59 Å². The van der Waals surface area contributed by atoms with Gasteiger partial charge < -0.3 is 10.2 Å². The Labute approximate surface area is 120 Å². The summed E-state index contributed by atoms with van der Waals surface area (Å²) in [5.41, 5.74) is -0.295. The minimum atomic E-state index is -0.871. The molecule has 1 aromatic carbocycles. The highest BCUT2D eigenvalue weighted by Crippen LogP contribution is 2.15. The van der Waals surface area contributed by atoms with Crippen molar-refractivity contribution in [1.82, 2.24) is 10.2 Å². The van der Waals surface area contributed by atoms with E-state index in [-0.39, 0.29) is 11.8 Å². The molecular weight excluding hydrogens is 252 g/mol. The summed E-state index contributed by atoms with van der Waals surface area (Å²) >= 11 is 0. The standard InChI is InChI=1S/C16H22N2O2/c1-16(2,15(20)18-11-7-4-8-12-18)17-14(19)13-9-5-3-6-10-13/h3,5-6,9-10H,4,7-8,11-12H2,1-2H3,(H,17,19). The lowest BCUT2D eigenvalue weighted by atomic mass is 10.00. The number of carbonyl (C=O) groups is 2. The van der Waals surface area contributed by atoms with Gasteiger partial charge in [0.25, 0.3) is 5.91 Å². The third-order valence-electron chi connectivity index (χ3n) is 3.64. The monoisotopic (exact) mass is 274 g/mol. The van der Waals surface area contributed by atoms with E-state index in [0.717, 1.165) is 25.9 Å². The quantitative estimate of drug-likeness (QED) is 0.918. The fourth-order valence-electron chi connectivity index (χ4n) is 2.49. The van der Waals surface area contributed by atoms with Crippen molar-refractivity contribution in [2.24, 2.45) is 0 Å². The van der Waals surface area contributed by atoms with Gasteiger partial charge in [0.15, 0.2) is 0 Å². The number of hydrogen-bond acceptors (Lipinski definition) is 2. The Morgan fingerprint density at radius 2 is 1.65 bits per heavy atom. The van der Waals surface area contributed by atoms with Crippen molar-refractivity contribution in [2.75, 3.05) is 13.1 Å². The number of carbonyl (C=O) groups excluding carboxylic acids is 2. The zero-order valence-corrected chi connectivity index (χ0v) is 12.2. The SMILES string of the molecule is CC(C)(NC(=O)c1ccccc1)C(=O)N1CCCCC1. The fourth-order valence-corrected chi connectivity index (χ4v) is 2.49. The molecule has 20 heavy (non-hydrogen) atoms. The van der Waals surface area contributed by atoms with Crippen LogP contribution in [0.15, 0.2) is 30.3 Å². The molecule has 4 nitrogen and oxygen atoms in total. The van der Waals surface area contributed by atoms with Crippen LogP contribution in [0.5, 0.6) is 0 Å². The average molecular weight is 274 g/mol. The summed E-state index contributed by atoms with van der Waals surface area (Å²) < 4.78 is 0. The number of rotatable bonds is 3. The van der Waals surface area contributed by atoms with Crippen LogP contribution in [-0.2, 0) is 4.79 Å². The van der Waals surface area contributed by atoms with Crippen LogP contribution in [0.3, 0.4) is 0 Å². The molecule has 0 saturated carbocycles. The van der Waals surface area contributed by atoms with Crippen molar-refractivity contribution in [3.8, 4) is 0 Å². The minimum Gasteiger partial charge on any atom is -0.341 e. The molecular formula is C16H22N2O2. The number of nitrogens with zero attached hydrogens (tertiary/aromatic N) is 1. The van der Waals surface area contributed by atoms with E-state index in [4.69, 9.17) is 0 Å². The number of hydrogen-bond donors (Lipinski definition) is 1. The molecule has 0 radical (unpaired) electrons. The molecule has 1 aliphatic heterocycles. The van der Waals surface area contributed by atoms with Gasteiger partial charge >= 0.3 is 0 Å². The van der Waals surface area contributed by atoms with Crippen LogP contribution >= 0.6 is 0 Å². The first-order valence-corrected chi connectivity index (χ1v) is 7.17. The summed E-state index contributed by atoms with van der Waals surface area (Å²) in [6.07, 6.45) is 3.28. The van der Waals surface area contributed by atoms with E-state index < -0.39 is 5.54 Å². The van der Waals surface area contributed by atoms with Gasteiger partial charge in [0.1, 0.15) is 5.54 Å². The highest BCUT2D eigenvalue weighted by Gasteiger charge is 2.34. The van der Waals surface area contributed by atoms with Crippen molar-refractivity contribution in [2.45, 2.75) is 38.6 Å². The molecule has 108 valence electrons. The van der Waals surface area contributed by atoms with Gasteiger partial charge in [0.05, 0.1) is 0 Å². The summed E-state index contributed by atoms with van der Waals surface area (Å²) in [6.45, 7) is 5.13. The van der Waals surface area contributed by atoms with Gasteiger partial charge in [0.2, 0.25) is 5.91 Å². The van der Waals surface area contributed by atoms with Crippen molar-refractivity contribution in [1.29, 1.82) is 0 Å². The Kier molecular flexibility index (Phi) is 4.42. The molecule has 1 fully saturated rings. The van der Waals surface area contributed by atoms with Crippen LogP contribution in [0.2, 0.25) is 0 Å². The van der Waals surface area contributed by atoms with Gasteiger partial charge in [0, 0.05) is 18.7 Å². The Morgan fingerprint density at radius 1 is 1.05 bits per heavy atom. The maximum atomic E-state index is 12.5. The normalized spacial score (nSPS) is 15.8. The van der Waals surface area contributed by atoms with Gasteiger partial charge in [-0.1, -0.05) is 18.2 Å². The van der Waals surface area contributed by atoms with Crippen LogP contribution in [0, 0.1) is 0 Å². The van der Waals surface area contributed by atoms with Crippen molar-refractivity contribution >= 4 is 11.8 Å². The fraction of sp³-hybridized carbons (Fsp3) is 0.500. The summed E-state index contributed by atoms with van der Waals surface area (Å²) in [7, 11) is 0. The maximum Gasteiger partial charge on any atom is 0.252 e. The molecule has 2 amide bonds. The zero-order chi connectivity index (χ0) is 14.6. The molecule has 0 aliphatic carbocycles. The summed E-state index contributed by atoms with van der Waals surface area (Å²) in [6, 6.07) is 8.98. The summed E-state index contributed by atoms with van der Waals surface area (Å²) in [5, 5.41) is 2.84. The van der Waals surface area contributed by atoms with Gasteiger partial charge in [-0.15, -0.1) is 0 Å². The molecule has 0 spiro atoms. The number of nitrogens with one attached hydrogen (secondary N) is 1. The first-order valence-electron chi connectivity index (χ1n) is 7.17. The van der Waals surface area contributed by atoms with Crippen LogP contribution < -0.4 is 5.32 Å². The Bertz CT molecular complexity index is 477. The van der Waals surface area contributed by atoms with Crippen LogP contribution in [0.1, 0.15) is 43.5 Å². The molecule has 1 saturated heterocycles. The molecule has 1 N–H and O–H groups in total. The Balaban J connectivity index is 2.02. The minimum absolute atomic E-state index is 0.00137. The Hall–Kier alpha value is -1.84. The molecule has 4 heteroatoms. The molecule has 1 heterocycles. The molecule has 0 aromatic heterocycles. The highest BCUT2D eigenvalue weighted by atomic mass is 16.2. The number of piperidine rings is 1. The second-order valence-electron chi connectivity index (χ2n) is 5.80. The molecule has 1 aromatic rings. The summed E-state index contributed by atoms with van der Waals surface area (Å²) in [5.74, 6) is -0.206. The van der Waals surface area contributed by atoms with E-state index in [0.29, 0.717) is 5.56 Å². The van der Waals surface area contributed by atoms with Gasteiger partial charge in [-0.2, -0.15) is 0 Å². The lowest BCUT2D eigenvalue weighted by Gasteiger charge is -2.34. The van der Waals surface area contributed by atoms with Crippen LogP contribution in [0.4, 0.5) is 0 Å². The van der Waals surface area contributed by atoms with Crippen LogP contribution in [0.25, 0.3) is 0 Å². The van der Waals surface area contributed by atoms with Gasteiger partial charge in [-0.3, -0.25) is 9.59 Å². The zero-order valence-electron chi connectivity index (χ0n) is 12.2. The maximum absolute atomic E-state index is 12.5. The smallest absolute Gasteiger partial charge is 0.252 e. The lowest BCUT2D eigenvalue weighted by molar-refractivity contribution is -0.137. The number of amides is 2. The summed E-state index contributed by atoms with van der Waals surface area (Å²) in [4.78, 5) is 26.5. The van der Waals surface area contributed by atoms with Gasteiger partial charge in [-0.05, 0) is 45.2 Å². The number of likely N-dealkylation sites (tertiary alicyclic amines) is 1. The average Bonchev–Trinajstić information content (AvgIpc) is 2.48. The third kappa shape index (κ3) is 3.38. The molecule has 0 unspecified atom stereocenters. The second-order valence-corrected chi connectivity index (χ2v) is 5.80. The van der Waals surface area contributed by atoms with Gasteiger partial charge in [-0.25, -0.2) is 0 Å². The predicted octanol–water partition coefficient (Wildman–Crippen LogP) is 2.21. The first-order chi connectivity index (χ1) is 9.50. The van der Waals surface area contributed by atoms with Crippen molar-refractivity contribution in [3.05, 3.63) is 35.9 Å². The van der Waals surface area contributed by atoms with Crippen molar-refractivity contribution in [3.63, 3.8) is 0 Å². The van der Waals surface area contributed by atoms with Crippen LogP contribution in [-0.4, -0.2) is 35.3 Å². The van der Waals surface area contributed by atoms with E-state index in [1.807, 2.05) is 23.1 Å². The molecule has 0 bridgehead atoms. The molecule has 1 aliphatic rings. The predicted molar refractivity (Wildman–Crippen MR) is 78.4 cm³/mol. The van der Waals surface area contributed by atoms with E-state index in [9.17, 15) is 9.59 Å². The second kappa shape index (κ2) is 6.07. The largest absolute Gasteiger partial charge is 0.341 e. The lowest BCUT2D eigenvalue weighted by Crippen LogP contribution is -2.56. The topological polar surface area (TPSA) is 49.4 Å². The van der Waals surface area contributed by atoms with E-state index >= 15 is 0 Å². The number of benzene rings is 1. The third-order valence-corrected chi connectivity index (χ3v) is 3.64. The van der Waals surface area contributed by atoms with E-state index in [1.54, 1.807) is 26.0 Å². The van der Waals surface area contributed by atoms with E-state index in [1.165, 1.54) is 6.42 Å². The molecule has 0 atom stereocenters. The Morgan fingerprint density at radius 3 is 2.25 bits per heavy atom. The molecule has 2 rings (SSSR count). The highest BCUT2D eigenvalue weighted by molar-refractivity contribution is 5.98. The van der Waals surface area contributed by atoms with E-state index in [2.05, 4.69) is 5.32 Å². The first kappa shape index (κ1) is 14.6.